The molecule has 23 rings (SSSR count). The second-order valence-corrected chi connectivity index (χ2v) is 47.8. The number of benzene rings is 19. The van der Waals surface area contributed by atoms with E-state index in [4.69, 9.17) is 0 Å². The maximum atomic E-state index is 2.73. The van der Waals surface area contributed by atoms with Gasteiger partial charge in [0.2, 0.25) is 0 Å². The van der Waals surface area contributed by atoms with Crippen molar-refractivity contribution in [2.75, 3.05) is 0 Å². The van der Waals surface area contributed by atoms with Gasteiger partial charge in [-0.3, -0.25) is 0 Å². The van der Waals surface area contributed by atoms with Crippen molar-refractivity contribution in [3.8, 4) is 178 Å². The van der Waals surface area contributed by atoms with Crippen LogP contribution in [0.15, 0.2) is 303 Å². The van der Waals surface area contributed by atoms with E-state index in [1.807, 2.05) is 0 Å². The minimum absolute atomic E-state index is 0.0175. The molecule has 0 aromatic heterocycles. The lowest BCUT2D eigenvalue weighted by Crippen LogP contribution is -2.10. The van der Waals surface area contributed by atoms with Gasteiger partial charge >= 0.3 is 0 Å². The molecule has 0 unspecified atom stereocenters. The summed E-state index contributed by atoms with van der Waals surface area (Å²) in [6.45, 7) is 56.3. The maximum Gasteiger partial charge on any atom is -0.000740 e. The minimum atomic E-state index is -0.0918. The van der Waals surface area contributed by atoms with Gasteiger partial charge in [0.1, 0.15) is 0 Å². The molecule has 0 spiro atoms. The Morgan fingerprint density at radius 2 is 0.224 bits per heavy atom. The third kappa shape index (κ3) is 12.9. The van der Waals surface area contributed by atoms with Gasteiger partial charge in [-0.15, -0.1) is 0 Å². The Hall–Kier alpha value is -13.3. The Kier molecular flexibility index (Phi) is 18.5. The molecule has 0 atom stereocenters. The van der Waals surface area contributed by atoms with Crippen molar-refractivity contribution < 1.29 is 0 Å². The lowest BCUT2D eigenvalue weighted by molar-refractivity contribution is 0.590. The van der Waals surface area contributed by atoms with Crippen LogP contribution in [0.1, 0.15) is 211 Å². The van der Waals surface area contributed by atoms with Gasteiger partial charge in [-0.2, -0.15) is 0 Å². The number of rotatable bonds is 8. The van der Waals surface area contributed by atoms with Crippen molar-refractivity contribution in [3.05, 3.63) is 348 Å². The van der Waals surface area contributed by atoms with Gasteiger partial charge in [-0.1, -0.05) is 457 Å². The highest BCUT2D eigenvalue weighted by molar-refractivity contribution is 6.39. The largest absolute Gasteiger partial charge is 0.0616 e. The third-order valence-corrected chi connectivity index (χ3v) is 31.0. The van der Waals surface area contributed by atoms with Crippen LogP contribution in [-0.2, 0) is 43.3 Å². The first-order valence-corrected chi connectivity index (χ1v) is 49.0. The van der Waals surface area contributed by atoms with Crippen molar-refractivity contribution >= 4 is 64.6 Å². The minimum Gasteiger partial charge on any atom is -0.0616 e. The summed E-state index contributed by atoms with van der Waals surface area (Å²) in [5.41, 5.74) is 50.7. The molecular weight excluding hydrogens is 1610 g/mol. The third-order valence-electron chi connectivity index (χ3n) is 31.0. The Bertz CT molecular complexity index is 7270. The monoisotopic (exact) mass is 1730 g/mol. The highest BCUT2D eigenvalue weighted by atomic mass is 14.4. The fraction of sp³-hybridized carbons (Fsp3) is 0.239. The molecule has 19 aromatic rings. The zero-order valence-corrected chi connectivity index (χ0v) is 82.9. The topological polar surface area (TPSA) is 0 Å². The first-order chi connectivity index (χ1) is 63.6. The van der Waals surface area contributed by atoms with Crippen LogP contribution in [0.2, 0.25) is 0 Å². The summed E-state index contributed by atoms with van der Waals surface area (Å²) in [5, 5.41) is 15.3. The Balaban J connectivity index is 0.877. The summed E-state index contributed by atoms with van der Waals surface area (Å²) in [5.74, 6) is 0. The molecule has 4 aliphatic rings. The van der Waals surface area contributed by atoms with Crippen LogP contribution in [0.5, 0.6) is 0 Å². The molecule has 0 nitrogen and oxygen atoms in total. The Morgan fingerprint density at radius 3 is 0.336 bits per heavy atom. The van der Waals surface area contributed by atoms with Crippen molar-refractivity contribution in [2.24, 2.45) is 0 Å². The molecule has 0 heteroatoms. The summed E-state index contributed by atoms with van der Waals surface area (Å²) >= 11 is 0. The van der Waals surface area contributed by atoms with Gasteiger partial charge in [0.15, 0.2) is 0 Å². The van der Waals surface area contributed by atoms with E-state index < -0.39 is 0 Å². The average molecular weight is 1730 g/mol. The maximum absolute atomic E-state index is 2.73. The van der Waals surface area contributed by atoms with E-state index in [0.717, 1.165) is 0 Å². The van der Waals surface area contributed by atoms with Crippen LogP contribution >= 0.6 is 0 Å². The second kappa shape index (κ2) is 29.1. The molecule has 0 fully saturated rings. The predicted octanol–water partition coefficient (Wildman–Crippen LogP) is 38.9. The Morgan fingerprint density at radius 1 is 0.112 bits per heavy atom. The summed E-state index contributed by atoms with van der Waals surface area (Å²) in [4.78, 5) is 0. The fourth-order valence-electron chi connectivity index (χ4n) is 23.6. The van der Waals surface area contributed by atoms with Gasteiger partial charge in [0.25, 0.3) is 0 Å². The molecule has 0 bridgehead atoms. The van der Waals surface area contributed by atoms with E-state index in [1.54, 1.807) is 0 Å². The number of hydrogen-bond acceptors (Lipinski definition) is 0. The van der Waals surface area contributed by atoms with Crippen molar-refractivity contribution in [1.82, 2.24) is 0 Å². The average Bonchev–Trinajstić information content (AvgIpc) is 1.50. The van der Waals surface area contributed by atoms with Crippen molar-refractivity contribution in [1.29, 1.82) is 0 Å². The molecule has 0 saturated carbocycles. The van der Waals surface area contributed by atoms with Crippen LogP contribution in [0.4, 0.5) is 0 Å². The Labute approximate surface area is 794 Å². The summed E-state index contributed by atoms with van der Waals surface area (Å²) in [7, 11) is 0. The van der Waals surface area contributed by atoms with Crippen LogP contribution in [-0.4, -0.2) is 0 Å². The SMILES string of the molecule is CC(C)(C)c1ccc(-c2c3c(c(-c4ccc(C(C)(C)C)cc4)c4ccccc24)-c2ccc4c5c(ccc-3c25)-c2c-4c(-c3ccc(C(C)(C)C)cc3)c3cc4c(-c5ccc(C(C)(C)C)cc5)c5c(c(-c6ccc(C(C)(C)C)cc6)c4cc3c2-c2ccc(C(C)(C)C)cc2)-c2ccc3c4c(ccc-5c24)-c2c-3c(-c3ccc(C(C)(C)C)cc3)c3ccccc3c2-c2ccc(C(C)(C)C)cc2)cc1. The van der Waals surface area contributed by atoms with Crippen molar-refractivity contribution in [3.63, 3.8) is 0 Å². The molecule has 19 aromatic carbocycles. The van der Waals surface area contributed by atoms with Gasteiger partial charge < -0.3 is 0 Å². The highest BCUT2D eigenvalue weighted by Crippen LogP contribution is 2.69. The molecule has 0 heterocycles. The molecule has 0 amide bonds. The quantitative estimate of drug-likeness (QED) is 0.133. The normalized spacial score (nSPS) is 13.4. The zero-order chi connectivity index (χ0) is 93.4. The molecule has 4 aliphatic carbocycles. The standard InChI is InChI=1S/C134H122/c1-127(2,3)83-49-33-75(34-50-83)107-91-29-25-26-30-92(91)108(76-35-51-84(52-36-76)128(4,5)6)120-96-66-70-100-117-99(69-65-95(115(96)117)119(107)120)123-111(79-41-57-87(58-42-79)131(13,14)15)103-73-105-106(74-104(103)112(124(100)123)80-43-59-88(60-44-80)132(16,17)18)114(82-47-63-90(64-48-82)134(22,23)24)126-102-72-68-98-116-97(67-71-101(118(102)116)125(126)113(105)81-45-61-89(62-46-81)133(19,20)21)121-109(77-37-53-85(54-38-77)129(7,8)9)93-31-27-28-32-94(93)110(122(98)121)78-39-55-86(56-40-78)130(10,11)12/h25-74H,1-24H3. The second-order valence-electron chi connectivity index (χ2n) is 47.8. The van der Waals surface area contributed by atoms with E-state index in [0.29, 0.717) is 0 Å². The molecule has 0 aliphatic heterocycles. The van der Waals surface area contributed by atoms with E-state index in [1.165, 1.54) is 287 Å². The van der Waals surface area contributed by atoms with Crippen LogP contribution in [0.3, 0.4) is 0 Å². The lowest BCUT2D eigenvalue weighted by Gasteiger charge is -2.26. The predicted molar refractivity (Wildman–Crippen MR) is 582 cm³/mol. The number of hydrogen-bond donors (Lipinski definition) is 0. The molecule has 134 heavy (non-hydrogen) atoms. The molecular formula is C134H122. The smallest absolute Gasteiger partial charge is 0.000740 e. The molecule has 0 radical (unpaired) electrons. The van der Waals surface area contributed by atoms with Gasteiger partial charge in [-0.05, 0) is 343 Å². The fourth-order valence-corrected chi connectivity index (χ4v) is 23.6. The van der Waals surface area contributed by atoms with E-state index in [9.17, 15) is 0 Å². The molecule has 0 N–H and O–H groups in total. The van der Waals surface area contributed by atoms with Crippen molar-refractivity contribution in [2.45, 2.75) is 209 Å². The van der Waals surface area contributed by atoms with E-state index in [-0.39, 0.29) is 43.3 Å². The zero-order valence-electron chi connectivity index (χ0n) is 82.9. The summed E-state index contributed by atoms with van der Waals surface area (Å²) < 4.78 is 0. The first kappa shape index (κ1) is 85.0. The summed E-state index contributed by atoms with van der Waals surface area (Å²) in [6.07, 6.45) is 0. The van der Waals surface area contributed by atoms with Gasteiger partial charge in [-0.25, -0.2) is 0 Å². The molecule has 0 saturated heterocycles. The highest BCUT2D eigenvalue weighted by Gasteiger charge is 2.42. The number of fused-ring (bicyclic) bond motifs is 16. The van der Waals surface area contributed by atoms with E-state index in [2.05, 4.69) is 469 Å². The van der Waals surface area contributed by atoms with Crippen LogP contribution < -0.4 is 0 Å². The van der Waals surface area contributed by atoms with Gasteiger partial charge in [0, 0.05) is 0 Å². The lowest BCUT2D eigenvalue weighted by atomic mass is 9.77. The molecule has 658 valence electrons. The van der Waals surface area contributed by atoms with Crippen LogP contribution in [0.25, 0.3) is 243 Å². The first-order valence-electron chi connectivity index (χ1n) is 49.0. The van der Waals surface area contributed by atoms with E-state index >= 15 is 0 Å². The summed E-state index contributed by atoms with van der Waals surface area (Å²) in [6, 6.07) is 122. The van der Waals surface area contributed by atoms with Gasteiger partial charge in [0.05, 0.1) is 0 Å². The van der Waals surface area contributed by atoms with Crippen LogP contribution in [0, 0.1) is 0 Å².